The third-order valence-electron chi connectivity index (χ3n) is 3.40. The maximum atomic E-state index is 12.0. The Labute approximate surface area is 109 Å². The first-order chi connectivity index (χ1) is 8.40. The average molecular weight is 268 g/mol. The summed E-state index contributed by atoms with van der Waals surface area (Å²) in [6, 6.07) is 7.18. The lowest BCUT2D eigenvalue weighted by Crippen LogP contribution is -2.26. The van der Waals surface area contributed by atoms with Gasteiger partial charge in [0, 0.05) is 12.1 Å². The second-order valence-corrected chi connectivity index (χ2v) is 6.83. The normalized spacial score (nSPS) is 19.5. The van der Waals surface area contributed by atoms with Gasteiger partial charge in [0.1, 0.15) is 0 Å². The van der Waals surface area contributed by atoms with E-state index in [4.69, 9.17) is 5.73 Å². The van der Waals surface area contributed by atoms with Crippen molar-refractivity contribution in [2.45, 2.75) is 49.6 Å². The Morgan fingerprint density at radius 3 is 2.22 bits per heavy atom. The molecule has 0 amide bonds. The van der Waals surface area contributed by atoms with Crippen molar-refractivity contribution in [3.8, 4) is 0 Å². The lowest BCUT2D eigenvalue weighted by Gasteiger charge is -2.16. The molecule has 2 rings (SSSR count). The highest BCUT2D eigenvalue weighted by atomic mass is 32.2. The standard InChI is InChI=1S/C13H20N2O2S/c1-9(10(2)14)11-3-7-13(8-4-11)18(16,17)15-12-5-6-12/h3-4,7-10,12,15H,5-6,14H2,1-2H3. The number of nitrogens with one attached hydrogen (secondary N) is 1. The van der Waals surface area contributed by atoms with Crippen LogP contribution >= 0.6 is 0 Å². The SMILES string of the molecule is CC(N)C(C)c1ccc(S(=O)(=O)NC2CC2)cc1. The van der Waals surface area contributed by atoms with Gasteiger partial charge in [0.15, 0.2) is 0 Å². The van der Waals surface area contributed by atoms with Crippen LogP contribution in [0.5, 0.6) is 0 Å². The Morgan fingerprint density at radius 1 is 1.22 bits per heavy atom. The molecule has 1 saturated carbocycles. The molecule has 1 aliphatic rings. The van der Waals surface area contributed by atoms with Crippen molar-refractivity contribution >= 4 is 10.0 Å². The molecule has 0 saturated heterocycles. The van der Waals surface area contributed by atoms with Crippen LogP contribution in [0.15, 0.2) is 29.2 Å². The van der Waals surface area contributed by atoms with Crippen LogP contribution < -0.4 is 10.5 Å². The highest BCUT2D eigenvalue weighted by molar-refractivity contribution is 7.89. The topological polar surface area (TPSA) is 72.2 Å². The molecule has 0 bridgehead atoms. The van der Waals surface area contributed by atoms with Gasteiger partial charge < -0.3 is 5.73 Å². The van der Waals surface area contributed by atoms with Crippen LogP contribution in [0.4, 0.5) is 0 Å². The van der Waals surface area contributed by atoms with E-state index in [9.17, 15) is 8.42 Å². The quantitative estimate of drug-likeness (QED) is 0.851. The maximum Gasteiger partial charge on any atom is 0.240 e. The molecule has 1 aromatic rings. The van der Waals surface area contributed by atoms with E-state index in [1.165, 1.54) is 0 Å². The van der Waals surface area contributed by atoms with Crippen LogP contribution in [0.3, 0.4) is 0 Å². The summed E-state index contributed by atoms with van der Waals surface area (Å²) in [7, 11) is -3.34. The fraction of sp³-hybridized carbons (Fsp3) is 0.538. The van der Waals surface area contributed by atoms with E-state index in [-0.39, 0.29) is 18.0 Å². The van der Waals surface area contributed by atoms with E-state index >= 15 is 0 Å². The summed E-state index contributed by atoms with van der Waals surface area (Å²) in [5.74, 6) is 0.221. The van der Waals surface area contributed by atoms with Crippen molar-refractivity contribution in [3.63, 3.8) is 0 Å². The Bertz CT molecular complexity index is 504. The Balaban J connectivity index is 2.16. The lowest BCUT2D eigenvalue weighted by molar-refractivity contribution is 0.580. The smallest absolute Gasteiger partial charge is 0.240 e. The van der Waals surface area contributed by atoms with Crippen LogP contribution in [0.1, 0.15) is 38.2 Å². The number of nitrogens with two attached hydrogens (primary N) is 1. The first-order valence-electron chi connectivity index (χ1n) is 6.28. The zero-order valence-corrected chi connectivity index (χ0v) is 11.6. The largest absolute Gasteiger partial charge is 0.327 e. The molecule has 4 nitrogen and oxygen atoms in total. The fourth-order valence-corrected chi connectivity index (χ4v) is 3.05. The van der Waals surface area contributed by atoms with Crippen molar-refractivity contribution < 1.29 is 8.42 Å². The van der Waals surface area contributed by atoms with E-state index in [1.54, 1.807) is 12.1 Å². The van der Waals surface area contributed by atoms with Crippen molar-refractivity contribution in [1.82, 2.24) is 4.72 Å². The summed E-state index contributed by atoms with van der Waals surface area (Å²) in [5, 5.41) is 0. The molecule has 0 radical (unpaired) electrons. The average Bonchev–Trinajstić information content (AvgIpc) is 3.11. The predicted molar refractivity (Wildman–Crippen MR) is 71.8 cm³/mol. The third-order valence-corrected chi connectivity index (χ3v) is 4.94. The van der Waals surface area contributed by atoms with Gasteiger partial charge in [0.2, 0.25) is 10.0 Å². The molecule has 1 fully saturated rings. The third kappa shape index (κ3) is 3.10. The van der Waals surface area contributed by atoms with Gasteiger partial charge in [-0.1, -0.05) is 19.1 Å². The molecule has 0 spiro atoms. The molecule has 0 heterocycles. The number of benzene rings is 1. The molecule has 0 aromatic heterocycles. The molecular weight excluding hydrogens is 248 g/mol. The lowest BCUT2D eigenvalue weighted by atomic mass is 9.95. The number of sulfonamides is 1. The zero-order chi connectivity index (χ0) is 13.3. The van der Waals surface area contributed by atoms with Gasteiger partial charge in [0.05, 0.1) is 4.90 Å². The van der Waals surface area contributed by atoms with Crippen LogP contribution in [-0.4, -0.2) is 20.5 Å². The van der Waals surface area contributed by atoms with E-state index in [0.717, 1.165) is 18.4 Å². The van der Waals surface area contributed by atoms with Crippen molar-refractivity contribution in [3.05, 3.63) is 29.8 Å². The molecule has 0 aliphatic heterocycles. The van der Waals surface area contributed by atoms with Crippen molar-refractivity contribution in [1.29, 1.82) is 0 Å². The molecule has 18 heavy (non-hydrogen) atoms. The highest BCUT2D eigenvalue weighted by Gasteiger charge is 2.27. The highest BCUT2D eigenvalue weighted by Crippen LogP contribution is 2.23. The van der Waals surface area contributed by atoms with Gasteiger partial charge in [0.25, 0.3) is 0 Å². The molecule has 1 aromatic carbocycles. The monoisotopic (exact) mass is 268 g/mol. The molecule has 2 unspecified atom stereocenters. The van der Waals surface area contributed by atoms with E-state index < -0.39 is 10.0 Å². The second kappa shape index (κ2) is 4.99. The summed E-state index contributed by atoms with van der Waals surface area (Å²) in [5.41, 5.74) is 6.90. The second-order valence-electron chi connectivity index (χ2n) is 5.11. The predicted octanol–water partition coefficient (Wildman–Crippen LogP) is 1.58. The summed E-state index contributed by atoms with van der Waals surface area (Å²) >= 11 is 0. The minimum Gasteiger partial charge on any atom is -0.327 e. The minimum absolute atomic E-state index is 0.0528. The summed E-state index contributed by atoms with van der Waals surface area (Å²) in [6.07, 6.45) is 1.89. The van der Waals surface area contributed by atoms with Gasteiger partial charge in [-0.2, -0.15) is 0 Å². The van der Waals surface area contributed by atoms with Gasteiger partial charge in [-0.05, 0) is 43.4 Å². The molecule has 1 aliphatic carbocycles. The number of rotatable bonds is 5. The van der Waals surface area contributed by atoms with E-state index in [0.29, 0.717) is 4.90 Å². The minimum atomic E-state index is -3.34. The Morgan fingerprint density at radius 2 is 1.78 bits per heavy atom. The van der Waals surface area contributed by atoms with Crippen LogP contribution in [-0.2, 0) is 10.0 Å². The summed E-state index contributed by atoms with van der Waals surface area (Å²) < 4.78 is 26.6. The number of hydrogen-bond donors (Lipinski definition) is 2. The van der Waals surface area contributed by atoms with E-state index in [1.807, 2.05) is 26.0 Å². The van der Waals surface area contributed by atoms with Crippen LogP contribution in [0.25, 0.3) is 0 Å². The van der Waals surface area contributed by atoms with Gasteiger partial charge in [-0.3, -0.25) is 0 Å². The van der Waals surface area contributed by atoms with Gasteiger partial charge >= 0.3 is 0 Å². The van der Waals surface area contributed by atoms with E-state index in [2.05, 4.69) is 4.72 Å². The Kier molecular flexibility index (Phi) is 3.75. The first kappa shape index (κ1) is 13.5. The van der Waals surface area contributed by atoms with Gasteiger partial charge in [-0.15, -0.1) is 0 Å². The Hall–Kier alpha value is -0.910. The summed E-state index contributed by atoms with van der Waals surface area (Å²) in [6.45, 7) is 3.99. The van der Waals surface area contributed by atoms with Crippen molar-refractivity contribution in [2.24, 2.45) is 5.73 Å². The molecule has 2 atom stereocenters. The molecular formula is C13H20N2O2S. The summed E-state index contributed by atoms with van der Waals surface area (Å²) in [4.78, 5) is 0.329. The molecule has 5 heteroatoms. The maximum absolute atomic E-state index is 12.0. The van der Waals surface area contributed by atoms with Crippen LogP contribution in [0.2, 0.25) is 0 Å². The fourth-order valence-electron chi connectivity index (χ4n) is 1.74. The molecule has 3 N–H and O–H groups in total. The van der Waals surface area contributed by atoms with Crippen LogP contribution in [0, 0.1) is 0 Å². The zero-order valence-electron chi connectivity index (χ0n) is 10.8. The number of hydrogen-bond acceptors (Lipinski definition) is 3. The van der Waals surface area contributed by atoms with Gasteiger partial charge in [-0.25, -0.2) is 13.1 Å². The first-order valence-corrected chi connectivity index (χ1v) is 7.76. The van der Waals surface area contributed by atoms with Crippen molar-refractivity contribution in [2.75, 3.05) is 0 Å². The molecule has 100 valence electrons.